The zero-order valence-corrected chi connectivity index (χ0v) is 12.6. The lowest BCUT2D eigenvalue weighted by Gasteiger charge is -2.13. The van der Waals surface area contributed by atoms with Gasteiger partial charge >= 0.3 is 5.97 Å². The molecule has 20 heavy (non-hydrogen) atoms. The first-order valence-corrected chi connectivity index (χ1v) is 7.14. The first kappa shape index (κ1) is 14.6. The number of tetrazole rings is 1. The first-order valence-electron chi connectivity index (χ1n) is 6.34. The van der Waals surface area contributed by atoms with Crippen molar-refractivity contribution in [2.24, 2.45) is 5.92 Å². The largest absolute Gasteiger partial charge is 0.481 e. The zero-order valence-electron chi connectivity index (χ0n) is 11.0. The van der Waals surface area contributed by atoms with Crippen LogP contribution in [0.5, 0.6) is 0 Å². The van der Waals surface area contributed by atoms with Gasteiger partial charge in [-0.15, -0.1) is 5.10 Å². The van der Waals surface area contributed by atoms with Crippen LogP contribution in [0.15, 0.2) is 28.7 Å². The Kier molecular flexibility index (Phi) is 4.84. The Balaban J connectivity index is 2.25. The van der Waals surface area contributed by atoms with Crippen LogP contribution in [-0.2, 0) is 11.3 Å². The fourth-order valence-corrected chi connectivity index (χ4v) is 2.45. The maximum Gasteiger partial charge on any atom is 0.303 e. The van der Waals surface area contributed by atoms with Gasteiger partial charge in [-0.3, -0.25) is 4.79 Å². The van der Waals surface area contributed by atoms with Crippen LogP contribution in [0.3, 0.4) is 0 Å². The van der Waals surface area contributed by atoms with E-state index in [0.717, 1.165) is 16.5 Å². The lowest BCUT2D eigenvalue weighted by Crippen LogP contribution is -2.16. The highest BCUT2D eigenvalue weighted by molar-refractivity contribution is 9.10. The van der Waals surface area contributed by atoms with Gasteiger partial charge in [0.1, 0.15) is 0 Å². The van der Waals surface area contributed by atoms with Crippen molar-refractivity contribution < 1.29 is 9.90 Å². The molecule has 106 valence electrons. The number of benzene rings is 1. The number of hydrogen-bond donors (Lipinski definition) is 1. The summed E-state index contributed by atoms with van der Waals surface area (Å²) in [4.78, 5) is 10.8. The molecule has 0 aliphatic heterocycles. The number of nitrogens with zero attached hydrogens (tertiary/aromatic N) is 4. The molecule has 1 aromatic carbocycles. The third kappa shape index (κ3) is 3.41. The van der Waals surface area contributed by atoms with E-state index in [9.17, 15) is 4.79 Å². The lowest BCUT2D eigenvalue weighted by atomic mass is 10.0. The number of carboxylic acids is 1. The number of carbonyl (C=O) groups is 1. The summed E-state index contributed by atoms with van der Waals surface area (Å²) in [6.07, 6.45) is 0.882. The maximum atomic E-state index is 10.8. The molecule has 0 aliphatic carbocycles. The van der Waals surface area contributed by atoms with Gasteiger partial charge in [0, 0.05) is 23.0 Å². The predicted octanol–water partition coefficient (Wildman–Crippen LogP) is 2.60. The Bertz CT molecular complexity index is 600. The molecule has 1 unspecified atom stereocenters. The van der Waals surface area contributed by atoms with E-state index in [1.165, 1.54) is 0 Å². The minimum atomic E-state index is -0.799. The Labute approximate surface area is 124 Å². The first-order chi connectivity index (χ1) is 9.61. The van der Waals surface area contributed by atoms with Gasteiger partial charge in [-0.05, 0) is 28.5 Å². The van der Waals surface area contributed by atoms with Crippen LogP contribution in [0.4, 0.5) is 0 Å². The van der Waals surface area contributed by atoms with E-state index in [2.05, 4.69) is 31.5 Å². The number of hydrogen-bond acceptors (Lipinski definition) is 4. The summed E-state index contributed by atoms with van der Waals surface area (Å²) in [7, 11) is 0. The van der Waals surface area contributed by atoms with Crippen molar-refractivity contribution in [1.29, 1.82) is 0 Å². The monoisotopic (exact) mass is 338 g/mol. The van der Waals surface area contributed by atoms with E-state index in [4.69, 9.17) is 5.11 Å². The molecular weight excluding hydrogens is 324 g/mol. The number of carboxylic acid groups (broad SMARTS) is 1. The highest BCUT2D eigenvalue weighted by atomic mass is 79.9. The minimum absolute atomic E-state index is 0.0113. The molecular formula is C13H15BrN4O2. The molecule has 0 aliphatic rings. The third-order valence-corrected chi connectivity index (χ3v) is 3.81. The maximum absolute atomic E-state index is 10.8. The molecule has 0 spiro atoms. The van der Waals surface area contributed by atoms with Crippen molar-refractivity contribution in [2.45, 2.75) is 26.3 Å². The molecule has 0 fully saturated rings. The fraction of sp³-hybridized carbons (Fsp3) is 0.385. The second-order valence-corrected chi connectivity index (χ2v) is 5.39. The molecule has 1 atom stereocenters. The van der Waals surface area contributed by atoms with Gasteiger partial charge in [0.2, 0.25) is 0 Å². The highest BCUT2D eigenvalue weighted by Gasteiger charge is 2.17. The van der Waals surface area contributed by atoms with Crippen LogP contribution in [0, 0.1) is 5.92 Å². The van der Waals surface area contributed by atoms with Crippen LogP contribution in [0.25, 0.3) is 11.4 Å². The molecule has 0 bridgehead atoms. The quantitative estimate of drug-likeness (QED) is 0.875. The smallest absolute Gasteiger partial charge is 0.303 e. The zero-order chi connectivity index (χ0) is 14.5. The van der Waals surface area contributed by atoms with Gasteiger partial charge in [-0.1, -0.05) is 41.4 Å². The second kappa shape index (κ2) is 6.60. The lowest BCUT2D eigenvalue weighted by molar-refractivity contribution is -0.138. The van der Waals surface area contributed by atoms with E-state index in [1.54, 1.807) is 4.68 Å². The molecule has 1 N–H and O–H groups in total. The van der Waals surface area contributed by atoms with Crippen molar-refractivity contribution in [3.8, 4) is 11.4 Å². The topological polar surface area (TPSA) is 80.9 Å². The molecule has 2 rings (SSSR count). The van der Waals surface area contributed by atoms with E-state index < -0.39 is 5.97 Å². The summed E-state index contributed by atoms with van der Waals surface area (Å²) in [5.41, 5.74) is 0.891. The van der Waals surface area contributed by atoms with Crippen molar-refractivity contribution in [3.05, 3.63) is 28.7 Å². The molecule has 0 radical (unpaired) electrons. The summed E-state index contributed by atoms with van der Waals surface area (Å²) in [6, 6.07) is 7.67. The molecule has 1 aromatic heterocycles. The van der Waals surface area contributed by atoms with E-state index in [0.29, 0.717) is 12.4 Å². The van der Waals surface area contributed by atoms with Gasteiger partial charge in [0.05, 0.1) is 0 Å². The van der Waals surface area contributed by atoms with Crippen molar-refractivity contribution in [3.63, 3.8) is 0 Å². The summed E-state index contributed by atoms with van der Waals surface area (Å²) < 4.78 is 2.57. The van der Waals surface area contributed by atoms with Crippen LogP contribution in [0.1, 0.15) is 19.8 Å². The molecule has 0 saturated heterocycles. The van der Waals surface area contributed by atoms with E-state index in [1.807, 2.05) is 31.2 Å². The van der Waals surface area contributed by atoms with E-state index in [-0.39, 0.29) is 12.3 Å². The van der Waals surface area contributed by atoms with Gasteiger partial charge in [0.15, 0.2) is 5.82 Å². The van der Waals surface area contributed by atoms with Crippen LogP contribution in [0.2, 0.25) is 0 Å². The average molecular weight is 339 g/mol. The molecule has 0 saturated carbocycles. The number of aromatic nitrogens is 4. The normalized spacial score (nSPS) is 12.3. The number of rotatable bonds is 6. The SMILES string of the molecule is CCC(CC(=O)O)Cn1nnnc1-c1ccccc1Br. The predicted molar refractivity (Wildman–Crippen MR) is 77.0 cm³/mol. The van der Waals surface area contributed by atoms with Crippen LogP contribution in [-0.4, -0.2) is 31.3 Å². The Morgan fingerprint density at radius 1 is 1.45 bits per heavy atom. The highest BCUT2D eigenvalue weighted by Crippen LogP contribution is 2.26. The molecule has 1 heterocycles. The number of aliphatic carboxylic acids is 1. The molecule has 2 aromatic rings. The number of halogens is 1. The van der Waals surface area contributed by atoms with Gasteiger partial charge in [-0.25, -0.2) is 4.68 Å². The third-order valence-electron chi connectivity index (χ3n) is 3.12. The molecule has 6 nitrogen and oxygen atoms in total. The summed E-state index contributed by atoms with van der Waals surface area (Å²) in [6.45, 7) is 2.46. The summed E-state index contributed by atoms with van der Waals surface area (Å²) in [5.74, 6) is -0.147. The molecule has 0 amide bonds. The van der Waals surface area contributed by atoms with E-state index >= 15 is 0 Å². The Morgan fingerprint density at radius 2 is 2.20 bits per heavy atom. The fourth-order valence-electron chi connectivity index (χ4n) is 1.99. The standard InChI is InChI=1S/C13H15BrN4O2/c1-2-9(7-12(19)20)8-18-13(15-16-17-18)10-5-3-4-6-11(10)14/h3-6,9H,2,7-8H2,1H3,(H,19,20). The average Bonchev–Trinajstić information content (AvgIpc) is 2.86. The van der Waals surface area contributed by atoms with Gasteiger partial charge in [-0.2, -0.15) is 0 Å². The summed E-state index contributed by atoms with van der Waals surface area (Å²) in [5, 5.41) is 20.6. The van der Waals surface area contributed by atoms with Crippen LogP contribution < -0.4 is 0 Å². The van der Waals surface area contributed by atoms with Gasteiger partial charge in [0.25, 0.3) is 0 Å². The molecule has 7 heteroatoms. The second-order valence-electron chi connectivity index (χ2n) is 4.54. The Hall–Kier alpha value is -1.76. The van der Waals surface area contributed by atoms with Crippen LogP contribution >= 0.6 is 15.9 Å². The van der Waals surface area contributed by atoms with Crippen molar-refractivity contribution >= 4 is 21.9 Å². The van der Waals surface area contributed by atoms with Crippen molar-refractivity contribution in [1.82, 2.24) is 20.2 Å². The Morgan fingerprint density at radius 3 is 2.85 bits per heavy atom. The summed E-state index contributed by atoms with van der Waals surface area (Å²) >= 11 is 3.47. The van der Waals surface area contributed by atoms with Crippen molar-refractivity contribution in [2.75, 3.05) is 0 Å². The minimum Gasteiger partial charge on any atom is -0.481 e. The van der Waals surface area contributed by atoms with Gasteiger partial charge < -0.3 is 5.11 Å².